The van der Waals surface area contributed by atoms with Gasteiger partial charge in [-0.3, -0.25) is 0 Å². The largest absolute Gasteiger partial charge is 0.434 e. The summed E-state index contributed by atoms with van der Waals surface area (Å²) in [7, 11) is 0.0907. The van der Waals surface area contributed by atoms with Gasteiger partial charge in [-0.05, 0) is 24.8 Å². The second-order valence-electron chi connectivity index (χ2n) is 2.34. The van der Waals surface area contributed by atoms with Crippen molar-refractivity contribution in [3.63, 3.8) is 0 Å². The van der Waals surface area contributed by atoms with Crippen molar-refractivity contribution in [2.45, 2.75) is 25.7 Å². The highest BCUT2D eigenvalue weighted by atomic mass is 19.1. The Morgan fingerprint density at radius 2 is 2.25 bits per heavy atom. The molecule has 65 valence electrons. The molecule has 0 bridgehead atoms. The highest BCUT2D eigenvalue weighted by molar-refractivity contribution is 6.68. The summed E-state index contributed by atoms with van der Waals surface area (Å²) in [5.41, 5.74) is 7.43. The summed E-state index contributed by atoms with van der Waals surface area (Å²) in [6.07, 6.45) is 2.44. The lowest BCUT2D eigenvalue weighted by Gasteiger charge is -1.94. The van der Waals surface area contributed by atoms with Gasteiger partial charge in [0.15, 0.2) is 0 Å². The quantitative estimate of drug-likeness (QED) is 0.189. The van der Waals surface area contributed by atoms with Gasteiger partial charge in [-0.2, -0.15) is 0 Å². The van der Waals surface area contributed by atoms with E-state index in [1.807, 2.05) is 0 Å². The van der Waals surface area contributed by atoms with E-state index in [4.69, 9.17) is 5.53 Å². The topological polar surface area (TPSA) is 65.8 Å². The molecule has 0 aromatic carbocycles. The molecule has 0 saturated heterocycles. The lowest BCUT2D eigenvalue weighted by atomic mass is 9.92. The number of hydrogen-bond donors (Lipinski definition) is 0. The molecule has 6 heteroatoms. The molecule has 0 amide bonds. The van der Waals surface area contributed by atoms with Crippen molar-refractivity contribution in [2.75, 3.05) is 6.54 Å². The van der Waals surface area contributed by atoms with E-state index in [-0.39, 0.29) is 14.0 Å². The minimum Gasteiger partial charge on any atom is -0.331 e. The SMILES string of the molecule is [N-]=[N+]=NCCCCCC(=O)[B]F. The summed E-state index contributed by atoms with van der Waals surface area (Å²) in [6.45, 7) is 0.448. The Balaban J connectivity index is 3.10. The van der Waals surface area contributed by atoms with E-state index in [0.29, 0.717) is 13.0 Å². The number of halogens is 1. The Kier molecular flexibility index (Phi) is 7.39. The minimum absolute atomic E-state index is 0.0907. The number of carbonyl (C=O) groups excluding carboxylic acids is 1. The van der Waals surface area contributed by atoms with Crippen LogP contribution in [0.25, 0.3) is 10.4 Å². The van der Waals surface area contributed by atoms with E-state index in [1.165, 1.54) is 0 Å². The Hall–Kier alpha value is -1.03. The minimum atomic E-state index is -0.473. The van der Waals surface area contributed by atoms with Crippen molar-refractivity contribution in [3.8, 4) is 0 Å². The third kappa shape index (κ3) is 7.09. The number of unbranched alkanes of at least 4 members (excludes halogenated alkanes) is 2. The molecule has 4 nitrogen and oxygen atoms in total. The van der Waals surface area contributed by atoms with E-state index < -0.39 is 5.68 Å². The molecular weight excluding hydrogens is 160 g/mol. The Labute approximate surface area is 71.1 Å². The van der Waals surface area contributed by atoms with Crippen LogP contribution in [0.4, 0.5) is 4.32 Å². The zero-order valence-corrected chi connectivity index (χ0v) is 6.74. The average Bonchev–Trinajstić information content (AvgIpc) is 2.10. The predicted octanol–water partition coefficient (Wildman–Crippen LogP) is 1.97. The molecule has 0 atom stereocenters. The maximum Gasteiger partial charge on any atom is 0.434 e. The van der Waals surface area contributed by atoms with E-state index in [9.17, 15) is 9.11 Å². The number of nitrogens with zero attached hydrogens (tertiary/aromatic N) is 3. The van der Waals surface area contributed by atoms with Crippen molar-refractivity contribution in [2.24, 2.45) is 5.11 Å². The lowest BCUT2D eigenvalue weighted by Crippen LogP contribution is -2.02. The van der Waals surface area contributed by atoms with E-state index >= 15 is 0 Å². The zero-order valence-electron chi connectivity index (χ0n) is 6.74. The molecular formula is C6H10BFN3O. The van der Waals surface area contributed by atoms with Crippen LogP contribution in [0.5, 0.6) is 0 Å². The monoisotopic (exact) mass is 170 g/mol. The second kappa shape index (κ2) is 8.08. The van der Waals surface area contributed by atoms with Gasteiger partial charge >= 0.3 is 7.56 Å². The van der Waals surface area contributed by atoms with Gasteiger partial charge in [0.25, 0.3) is 0 Å². The van der Waals surface area contributed by atoms with Crippen LogP contribution >= 0.6 is 0 Å². The fourth-order valence-electron chi connectivity index (χ4n) is 0.758. The van der Waals surface area contributed by atoms with Crippen molar-refractivity contribution in [3.05, 3.63) is 10.4 Å². The molecule has 0 rings (SSSR count). The molecule has 0 aromatic rings. The third-order valence-electron chi connectivity index (χ3n) is 1.37. The first-order valence-electron chi connectivity index (χ1n) is 3.78. The van der Waals surface area contributed by atoms with Crippen LogP contribution in [0.2, 0.25) is 0 Å². The normalized spacial score (nSPS) is 8.75. The van der Waals surface area contributed by atoms with Crippen molar-refractivity contribution in [1.82, 2.24) is 0 Å². The maximum absolute atomic E-state index is 11.5. The van der Waals surface area contributed by atoms with Crippen LogP contribution < -0.4 is 0 Å². The average molecular weight is 170 g/mol. The fourth-order valence-corrected chi connectivity index (χ4v) is 0.758. The molecule has 0 aliphatic heterocycles. The van der Waals surface area contributed by atoms with Crippen LogP contribution in [0.1, 0.15) is 25.7 Å². The van der Waals surface area contributed by atoms with Crippen LogP contribution in [0.3, 0.4) is 0 Å². The summed E-state index contributed by atoms with van der Waals surface area (Å²) < 4.78 is 11.5. The first-order chi connectivity index (χ1) is 5.81. The van der Waals surface area contributed by atoms with Gasteiger partial charge < -0.3 is 9.11 Å². The standard InChI is InChI=1S/C6H10BFN3O/c8-7-6(12)4-2-1-3-5-10-11-9/h1-5H2. The summed E-state index contributed by atoms with van der Waals surface area (Å²) in [5.74, 6) is 0. The van der Waals surface area contributed by atoms with Crippen LogP contribution in [0, 0.1) is 0 Å². The number of hydrogen-bond acceptors (Lipinski definition) is 2. The van der Waals surface area contributed by atoms with Crippen LogP contribution in [-0.2, 0) is 4.79 Å². The van der Waals surface area contributed by atoms with Gasteiger partial charge in [-0.1, -0.05) is 11.5 Å². The molecule has 0 spiro atoms. The van der Waals surface area contributed by atoms with Gasteiger partial charge in [0.1, 0.15) is 5.68 Å². The first-order valence-corrected chi connectivity index (χ1v) is 3.78. The zero-order chi connectivity index (χ0) is 9.23. The molecule has 12 heavy (non-hydrogen) atoms. The Bertz CT molecular complexity index is 182. The van der Waals surface area contributed by atoms with Gasteiger partial charge in [0, 0.05) is 11.5 Å². The Morgan fingerprint density at radius 1 is 1.50 bits per heavy atom. The first kappa shape index (κ1) is 11.0. The van der Waals surface area contributed by atoms with Crippen molar-refractivity contribution in [1.29, 1.82) is 0 Å². The van der Waals surface area contributed by atoms with Gasteiger partial charge in [-0.25, -0.2) is 0 Å². The molecule has 0 heterocycles. The smallest absolute Gasteiger partial charge is 0.331 e. The molecule has 0 unspecified atom stereocenters. The van der Waals surface area contributed by atoms with Crippen molar-refractivity contribution >= 4 is 13.2 Å². The van der Waals surface area contributed by atoms with E-state index in [1.54, 1.807) is 0 Å². The summed E-state index contributed by atoms with van der Waals surface area (Å²) in [6, 6.07) is 0. The van der Waals surface area contributed by atoms with Crippen LogP contribution in [-0.4, -0.2) is 19.8 Å². The summed E-state index contributed by atoms with van der Waals surface area (Å²) in [5, 5.41) is 3.32. The van der Waals surface area contributed by atoms with E-state index in [0.717, 1.165) is 12.8 Å². The highest BCUT2D eigenvalue weighted by Crippen LogP contribution is 2.00. The number of azide groups is 1. The summed E-state index contributed by atoms with van der Waals surface area (Å²) >= 11 is 0. The molecule has 0 fully saturated rings. The molecule has 0 N–H and O–H groups in total. The third-order valence-corrected chi connectivity index (χ3v) is 1.37. The molecule has 1 radical (unpaired) electrons. The van der Waals surface area contributed by atoms with E-state index in [2.05, 4.69) is 10.0 Å². The van der Waals surface area contributed by atoms with Gasteiger partial charge in [0.05, 0.1) is 0 Å². The fraction of sp³-hybridized carbons (Fsp3) is 0.833. The lowest BCUT2D eigenvalue weighted by molar-refractivity contribution is -0.112. The molecule has 0 aromatic heterocycles. The molecule has 0 aliphatic rings. The highest BCUT2D eigenvalue weighted by Gasteiger charge is 2.02. The molecule has 0 aliphatic carbocycles. The predicted molar refractivity (Wildman–Crippen MR) is 44.4 cm³/mol. The Morgan fingerprint density at radius 3 is 2.83 bits per heavy atom. The van der Waals surface area contributed by atoms with Gasteiger partial charge in [0.2, 0.25) is 0 Å². The van der Waals surface area contributed by atoms with Gasteiger partial charge in [-0.15, -0.1) is 0 Å². The number of rotatable bonds is 7. The molecule has 0 saturated carbocycles. The number of carbonyl (C=O) groups is 1. The summed E-state index contributed by atoms with van der Waals surface area (Å²) in [4.78, 5) is 13.0. The van der Waals surface area contributed by atoms with Crippen LogP contribution in [0.15, 0.2) is 5.11 Å². The maximum atomic E-state index is 11.5. The van der Waals surface area contributed by atoms with Crippen molar-refractivity contribution < 1.29 is 9.11 Å². The second-order valence-corrected chi connectivity index (χ2v) is 2.34.